The summed E-state index contributed by atoms with van der Waals surface area (Å²) in [7, 11) is 0. The number of unbranched alkanes of at least 4 members (excludes halogenated alkanes) is 1. The average Bonchev–Trinajstić information content (AvgIpc) is 2.67. The number of carbonyl (C=O) groups excluding carboxylic acids is 1. The van der Waals surface area contributed by atoms with Crippen LogP contribution in [0.1, 0.15) is 84.0 Å². The highest BCUT2D eigenvalue weighted by atomic mass is 16.1. The molecular weight excluding hydrogens is 220 g/mol. The Balaban J connectivity index is 2.08. The lowest BCUT2D eigenvalue weighted by Crippen LogP contribution is -2.02. The van der Waals surface area contributed by atoms with Crippen molar-refractivity contribution in [3.8, 4) is 0 Å². The van der Waals surface area contributed by atoms with Crippen LogP contribution >= 0.6 is 0 Å². The van der Waals surface area contributed by atoms with Gasteiger partial charge >= 0.3 is 0 Å². The van der Waals surface area contributed by atoms with Crippen molar-refractivity contribution < 1.29 is 4.79 Å². The molecule has 0 aromatic carbocycles. The third kappa shape index (κ3) is 3.46. The highest BCUT2D eigenvalue weighted by Gasteiger charge is 2.30. The number of allylic oxidation sites excluding steroid dienone is 2. The normalized spacial score (nSPS) is 26.3. The number of carbonyl (C=O) groups is 1. The van der Waals surface area contributed by atoms with E-state index >= 15 is 0 Å². The number of rotatable bonds is 3. The van der Waals surface area contributed by atoms with Crippen molar-refractivity contribution in [2.24, 2.45) is 5.92 Å². The van der Waals surface area contributed by atoms with Gasteiger partial charge in [-0.05, 0) is 43.6 Å². The minimum Gasteiger partial charge on any atom is -0.295 e. The van der Waals surface area contributed by atoms with Gasteiger partial charge in [0.05, 0.1) is 0 Å². The molecule has 0 saturated heterocycles. The molecule has 0 N–H and O–H groups in total. The second-order valence-corrected chi connectivity index (χ2v) is 6.09. The van der Waals surface area contributed by atoms with E-state index in [9.17, 15) is 4.79 Å². The summed E-state index contributed by atoms with van der Waals surface area (Å²) in [6, 6.07) is 0. The van der Waals surface area contributed by atoms with Gasteiger partial charge in [-0.15, -0.1) is 0 Å². The summed E-state index contributed by atoms with van der Waals surface area (Å²) in [5.74, 6) is 1.12. The van der Waals surface area contributed by atoms with E-state index in [4.69, 9.17) is 0 Å². The molecule has 0 aliphatic heterocycles. The third-order valence-electron chi connectivity index (χ3n) is 4.68. The molecule has 1 heteroatoms. The number of hydrogen-bond acceptors (Lipinski definition) is 1. The first kappa shape index (κ1) is 13.8. The number of hydrogen-bond donors (Lipinski definition) is 0. The van der Waals surface area contributed by atoms with Crippen LogP contribution in [0.25, 0.3) is 0 Å². The van der Waals surface area contributed by atoms with Gasteiger partial charge in [-0.2, -0.15) is 0 Å². The van der Waals surface area contributed by atoms with Gasteiger partial charge in [0.1, 0.15) is 0 Å². The lowest BCUT2D eigenvalue weighted by molar-refractivity contribution is -0.115. The van der Waals surface area contributed by atoms with E-state index in [0.717, 1.165) is 12.8 Å². The molecule has 1 atom stereocenters. The van der Waals surface area contributed by atoms with Crippen LogP contribution in [0.5, 0.6) is 0 Å². The fraction of sp³-hybridized carbons (Fsp3) is 0.824. The fourth-order valence-electron chi connectivity index (χ4n) is 3.59. The summed E-state index contributed by atoms with van der Waals surface area (Å²) in [5, 5.41) is 0. The van der Waals surface area contributed by atoms with E-state index in [0.29, 0.717) is 11.7 Å². The van der Waals surface area contributed by atoms with Crippen LogP contribution in [0.15, 0.2) is 11.1 Å². The molecule has 102 valence electrons. The van der Waals surface area contributed by atoms with Crippen molar-refractivity contribution in [1.29, 1.82) is 0 Å². The van der Waals surface area contributed by atoms with Crippen molar-refractivity contribution in [1.82, 2.24) is 0 Å². The highest BCUT2D eigenvalue weighted by molar-refractivity contribution is 5.99. The first-order valence-corrected chi connectivity index (χ1v) is 8.08. The molecule has 1 unspecified atom stereocenters. The summed E-state index contributed by atoms with van der Waals surface area (Å²) in [5.41, 5.74) is 2.83. The van der Waals surface area contributed by atoms with E-state index in [1.807, 2.05) is 0 Å². The second kappa shape index (κ2) is 7.11. The van der Waals surface area contributed by atoms with Gasteiger partial charge in [0, 0.05) is 6.42 Å². The van der Waals surface area contributed by atoms with Crippen LogP contribution in [0.4, 0.5) is 0 Å². The lowest BCUT2D eigenvalue weighted by atomic mass is 9.88. The van der Waals surface area contributed by atoms with Crippen LogP contribution in [0, 0.1) is 5.92 Å². The Morgan fingerprint density at radius 2 is 1.78 bits per heavy atom. The first-order chi connectivity index (χ1) is 8.83. The Morgan fingerprint density at radius 1 is 1.06 bits per heavy atom. The Labute approximate surface area is 112 Å². The van der Waals surface area contributed by atoms with Crippen LogP contribution in [-0.2, 0) is 4.79 Å². The Morgan fingerprint density at radius 3 is 2.56 bits per heavy atom. The number of ketones is 1. The smallest absolute Gasteiger partial charge is 0.159 e. The minimum atomic E-state index is 0.489. The molecule has 0 bridgehead atoms. The van der Waals surface area contributed by atoms with Crippen LogP contribution in [-0.4, -0.2) is 5.78 Å². The Kier molecular flexibility index (Phi) is 5.46. The molecule has 0 heterocycles. The van der Waals surface area contributed by atoms with Gasteiger partial charge in [0.2, 0.25) is 0 Å². The van der Waals surface area contributed by atoms with Crippen molar-refractivity contribution in [3.05, 3.63) is 11.1 Å². The standard InChI is InChI=1S/C17H28O/c1-2-3-11-16-15-12-9-7-5-4-6-8-10-14(15)13-17(16)18/h14H,2-13H2,1H3. The molecule has 2 aliphatic rings. The predicted molar refractivity (Wildman–Crippen MR) is 76.6 cm³/mol. The molecule has 2 rings (SSSR count). The van der Waals surface area contributed by atoms with Gasteiger partial charge in [-0.1, -0.05) is 51.0 Å². The van der Waals surface area contributed by atoms with E-state index in [1.54, 1.807) is 5.57 Å². The van der Waals surface area contributed by atoms with Crippen molar-refractivity contribution in [2.75, 3.05) is 0 Å². The third-order valence-corrected chi connectivity index (χ3v) is 4.68. The molecule has 0 spiro atoms. The van der Waals surface area contributed by atoms with Crippen molar-refractivity contribution in [2.45, 2.75) is 84.0 Å². The van der Waals surface area contributed by atoms with Gasteiger partial charge in [-0.3, -0.25) is 4.79 Å². The topological polar surface area (TPSA) is 17.1 Å². The maximum absolute atomic E-state index is 12.2. The molecule has 0 radical (unpaired) electrons. The van der Waals surface area contributed by atoms with Crippen LogP contribution in [0.2, 0.25) is 0 Å². The van der Waals surface area contributed by atoms with E-state index in [2.05, 4.69) is 6.92 Å². The highest BCUT2D eigenvalue weighted by Crippen LogP contribution is 2.39. The first-order valence-electron chi connectivity index (χ1n) is 8.08. The molecule has 1 fully saturated rings. The summed E-state index contributed by atoms with van der Waals surface area (Å²) in [4.78, 5) is 12.2. The largest absolute Gasteiger partial charge is 0.295 e. The minimum absolute atomic E-state index is 0.489. The Hall–Kier alpha value is -0.590. The van der Waals surface area contributed by atoms with Gasteiger partial charge in [0.15, 0.2) is 5.78 Å². The summed E-state index contributed by atoms with van der Waals surface area (Å²) < 4.78 is 0. The zero-order chi connectivity index (χ0) is 12.8. The monoisotopic (exact) mass is 248 g/mol. The van der Waals surface area contributed by atoms with Crippen LogP contribution in [0.3, 0.4) is 0 Å². The van der Waals surface area contributed by atoms with Crippen LogP contribution < -0.4 is 0 Å². The molecule has 1 saturated carbocycles. The number of fused-ring (bicyclic) bond motifs is 1. The van der Waals surface area contributed by atoms with E-state index in [1.165, 1.54) is 69.8 Å². The summed E-state index contributed by atoms with van der Waals surface area (Å²) >= 11 is 0. The maximum Gasteiger partial charge on any atom is 0.159 e. The molecule has 0 amide bonds. The fourth-order valence-corrected chi connectivity index (χ4v) is 3.59. The zero-order valence-electron chi connectivity index (χ0n) is 12.0. The summed E-state index contributed by atoms with van der Waals surface area (Å²) in [6.45, 7) is 2.22. The van der Waals surface area contributed by atoms with Crippen molar-refractivity contribution in [3.63, 3.8) is 0 Å². The predicted octanol–water partition coefficient (Wildman–Crippen LogP) is 5.20. The Bertz CT molecular complexity index is 314. The maximum atomic E-state index is 12.2. The average molecular weight is 248 g/mol. The SMILES string of the molecule is CCCCC1=C2CCCCCCCCC2CC1=O. The van der Waals surface area contributed by atoms with Crippen molar-refractivity contribution >= 4 is 5.78 Å². The summed E-state index contributed by atoms with van der Waals surface area (Å²) in [6.07, 6.45) is 15.0. The molecule has 18 heavy (non-hydrogen) atoms. The van der Waals surface area contributed by atoms with E-state index in [-0.39, 0.29) is 0 Å². The molecule has 1 nitrogen and oxygen atoms in total. The molecule has 2 aliphatic carbocycles. The van der Waals surface area contributed by atoms with Gasteiger partial charge in [0.25, 0.3) is 0 Å². The lowest BCUT2D eigenvalue weighted by Gasteiger charge is -2.17. The number of Topliss-reactive ketones (excluding diaryl/α,β-unsaturated/α-hetero) is 1. The molecular formula is C17H28O. The van der Waals surface area contributed by atoms with E-state index < -0.39 is 0 Å². The molecule has 0 aromatic heterocycles. The molecule has 0 aromatic rings. The quantitative estimate of drug-likeness (QED) is 0.671. The van der Waals surface area contributed by atoms with Gasteiger partial charge in [-0.25, -0.2) is 0 Å². The zero-order valence-corrected chi connectivity index (χ0v) is 12.0. The second-order valence-electron chi connectivity index (χ2n) is 6.09. The van der Waals surface area contributed by atoms with Gasteiger partial charge < -0.3 is 0 Å².